The van der Waals surface area contributed by atoms with Crippen molar-refractivity contribution in [3.05, 3.63) is 0 Å². The molecule has 0 saturated carbocycles. The molecule has 1 atom stereocenters. The molecule has 11 heavy (non-hydrogen) atoms. The van der Waals surface area contributed by atoms with Crippen molar-refractivity contribution in [3.63, 3.8) is 0 Å². The fraction of sp³-hybridized carbons (Fsp3) is 0.833. The van der Waals surface area contributed by atoms with E-state index in [1.165, 1.54) is 18.6 Å². The molecule has 64 valence electrons. The highest BCUT2D eigenvalue weighted by atomic mass is 32.2. The fourth-order valence-corrected chi connectivity index (χ4v) is 2.35. The smallest absolute Gasteiger partial charge is 0.180 e. The number of nitrogens with two attached hydrogens (primary N) is 1. The summed E-state index contributed by atoms with van der Waals surface area (Å²) in [4.78, 5) is 0. The molecule has 0 radical (unpaired) electrons. The van der Waals surface area contributed by atoms with E-state index >= 15 is 0 Å². The molecule has 0 bridgehead atoms. The molecule has 0 spiro atoms. The topological polar surface area (TPSA) is 50.1 Å². The minimum Gasteiger partial charge on any atom is -0.361 e. The van der Waals surface area contributed by atoms with E-state index in [1.54, 1.807) is 0 Å². The lowest BCUT2D eigenvalue weighted by atomic mass is 10.2. The van der Waals surface area contributed by atoms with Gasteiger partial charge in [0.25, 0.3) is 0 Å². The van der Waals surface area contributed by atoms with Crippen molar-refractivity contribution in [2.24, 2.45) is 5.84 Å². The molecule has 1 rings (SSSR count). The van der Waals surface area contributed by atoms with E-state index in [4.69, 9.17) is 18.1 Å². The van der Waals surface area contributed by atoms with E-state index < -0.39 is 0 Å². The predicted molar refractivity (Wildman–Crippen MR) is 53.4 cm³/mol. The highest BCUT2D eigenvalue weighted by Crippen LogP contribution is 2.24. The van der Waals surface area contributed by atoms with Gasteiger partial charge in [-0.05, 0) is 30.8 Å². The summed E-state index contributed by atoms with van der Waals surface area (Å²) < 4.78 is 0. The number of thioether (sulfide) groups is 1. The number of nitrogens with one attached hydrogen (secondary N) is 2. The number of hydrogen-bond donors (Lipinski definition) is 3. The van der Waals surface area contributed by atoms with Crippen LogP contribution in [0.2, 0.25) is 0 Å². The number of hydrogen-bond acceptors (Lipinski definition) is 3. The lowest BCUT2D eigenvalue weighted by molar-refractivity contribution is 0.739. The van der Waals surface area contributed by atoms with E-state index in [0.29, 0.717) is 5.11 Å². The zero-order valence-electron chi connectivity index (χ0n) is 6.30. The number of thiocarbonyl (C=S) groups is 1. The Bertz CT molecular complexity index is 134. The Morgan fingerprint density at radius 1 is 1.73 bits per heavy atom. The van der Waals surface area contributed by atoms with Gasteiger partial charge in [0, 0.05) is 11.8 Å². The Labute approximate surface area is 76.4 Å². The first-order valence-corrected chi connectivity index (χ1v) is 5.14. The zero-order valence-corrected chi connectivity index (χ0v) is 7.93. The van der Waals surface area contributed by atoms with Gasteiger partial charge in [0.05, 0.1) is 0 Å². The molecular formula is C6H13N3S2. The summed E-state index contributed by atoms with van der Waals surface area (Å²) in [5.41, 5.74) is 2.40. The molecule has 1 unspecified atom stereocenters. The van der Waals surface area contributed by atoms with Gasteiger partial charge in [-0.25, -0.2) is 5.84 Å². The maximum atomic E-state index is 5.10. The Hall–Kier alpha value is 0. The van der Waals surface area contributed by atoms with Crippen molar-refractivity contribution in [1.82, 2.24) is 10.7 Å². The van der Waals surface area contributed by atoms with Crippen LogP contribution < -0.4 is 16.6 Å². The molecule has 0 amide bonds. The molecule has 0 aromatic rings. The zero-order chi connectivity index (χ0) is 8.10. The maximum Gasteiger partial charge on any atom is 0.180 e. The molecule has 4 N–H and O–H groups in total. The van der Waals surface area contributed by atoms with E-state index in [1.807, 2.05) is 11.8 Å². The summed E-state index contributed by atoms with van der Waals surface area (Å²) in [7, 11) is 0. The van der Waals surface area contributed by atoms with Gasteiger partial charge in [-0.3, -0.25) is 0 Å². The quantitative estimate of drug-likeness (QED) is 0.331. The summed E-state index contributed by atoms with van der Waals surface area (Å²) in [5, 5.41) is 4.31. The Balaban J connectivity index is 2.06. The second kappa shape index (κ2) is 4.79. The Morgan fingerprint density at radius 3 is 3.09 bits per heavy atom. The van der Waals surface area contributed by atoms with Gasteiger partial charge in [-0.15, -0.1) is 0 Å². The number of hydrazine groups is 1. The van der Waals surface area contributed by atoms with Gasteiger partial charge in [0.2, 0.25) is 0 Å². The molecule has 5 heteroatoms. The minimum atomic E-state index is 0.539. The van der Waals surface area contributed by atoms with Gasteiger partial charge >= 0.3 is 0 Å². The molecule has 3 nitrogen and oxygen atoms in total. The Morgan fingerprint density at radius 2 is 2.55 bits per heavy atom. The molecule has 1 aliphatic heterocycles. The van der Waals surface area contributed by atoms with Crippen LogP contribution in [0.1, 0.15) is 12.8 Å². The van der Waals surface area contributed by atoms with Crippen molar-refractivity contribution < 1.29 is 0 Å². The lowest BCUT2D eigenvalue weighted by Crippen LogP contribution is -2.41. The van der Waals surface area contributed by atoms with Crippen molar-refractivity contribution in [2.45, 2.75) is 18.1 Å². The highest BCUT2D eigenvalue weighted by Gasteiger charge is 2.14. The van der Waals surface area contributed by atoms with E-state index in [-0.39, 0.29) is 0 Å². The summed E-state index contributed by atoms with van der Waals surface area (Å²) >= 11 is 6.84. The third-order valence-corrected chi connectivity index (χ3v) is 3.31. The summed E-state index contributed by atoms with van der Waals surface area (Å²) in [6.45, 7) is 0.938. The van der Waals surface area contributed by atoms with Gasteiger partial charge in [-0.2, -0.15) is 11.8 Å². The summed E-state index contributed by atoms with van der Waals surface area (Å²) in [6.07, 6.45) is 2.63. The molecule has 0 aliphatic carbocycles. The fourth-order valence-electron chi connectivity index (χ4n) is 1.06. The van der Waals surface area contributed by atoms with Gasteiger partial charge < -0.3 is 10.7 Å². The molecule has 0 aromatic heterocycles. The summed E-state index contributed by atoms with van der Waals surface area (Å²) in [6, 6.07) is 0. The van der Waals surface area contributed by atoms with Crippen molar-refractivity contribution in [1.29, 1.82) is 0 Å². The van der Waals surface area contributed by atoms with Crippen LogP contribution in [0.15, 0.2) is 0 Å². The van der Waals surface area contributed by atoms with Gasteiger partial charge in [0.1, 0.15) is 0 Å². The average molecular weight is 191 g/mol. The molecule has 0 aromatic carbocycles. The predicted octanol–water partition coefficient (Wildman–Crippen LogP) is 0.220. The van der Waals surface area contributed by atoms with Crippen LogP contribution in [0, 0.1) is 0 Å². The lowest BCUT2D eigenvalue weighted by Gasteiger charge is -2.10. The Kier molecular flexibility index (Phi) is 3.96. The van der Waals surface area contributed by atoms with E-state index in [9.17, 15) is 0 Å². The molecule has 1 heterocycles. The first-order valence-electron chi connectivity index (χ1n) is 3.69. The highest BCUT2D eigenvalue weighted by molar-refractivity contribution is 8.00. The van der Waals surface area contributed by atoms with Crippen LogP contribution >= 0.6 is 24.0 Å². The van der Waals surface area contributed by atoms with Crippen LogP contribution in [0.5, 0.6) is 0 Å². The average Bonchev–Trinajstić information content (AvgIpc) is 2.52. The largest absolute Gasteiger partial charge is 0.361 e. The first kappa shape index (κ1) is 9.09. The molecular weight excluding hydrogens is 178 g/mol. The SMILES string of the molecule is NNC(=S)NCC1CCCS1. The maximum absolute atomic E-state index is 5.10. The monoisotopic (exact) mass is 191 g/mol. The minimum absolute atomic E-state index is 0.539. The summed E-state index contributed by atoms with van der Waals surface area (Å²) in [5.74, 6) is 6.38. The van der Waals surface area contributed by atoms with Gasteiger partial charge in [0.15, 0.2) is 5.11 Å². The number of rotatable bonds is 2. The second-order valence-electron chi connectivity index (χ2n) is 2.49. The normalized spacial score (nSPS) is 23.2. The van der Waals surface area contributed by atoms with Crippen LogP contribution in [-0.4, -0.2) is 22.7 Å². The molecule has 1 fully saturated rings. The van der Waals surface area contributed by atoms with Crippen molar-refractivity contribution >= 4 is 29.1 Å². The first-order chi connectivity index (χ1) is 5.33. The van der Waals surface area contributed by atoms with Crippen LogP contribution in [0.25, 0.3) is 0 Å². The second-order valence-corrected chi connectivity index (χ2v) is 4.31. The molecule has 1 saturated heterocycles. The third-order valence-electron chi connectivity index (χ3n) is 1.65. The van der Waals surface area contributed by atoms with Crippen molar-refractivity contribution in [2.75, 3.05) is 12.3 Å². The standard InChI is InChI=1S/C6H13N3S2/c7-9-6(10)8-4-5-2-1-3-11-5/h5H,1-4,7H2,(H2,8,9,10). The van der Waals surface area contributed by atoms with Crippen LogP contribution in [0.4, 0.5) is 0 Å². The third kappa shape index (κ3) is 3.27. The van der Waals surface area contributed by atoms with Crippen LogP contribution in [-0.2, 0) is 0 Å². The van der Waals surface area contributed by atoms with E-state index in [0.717, 1.165) is 11.8 Å². The van der Waals surface area contributed by atoms with E-state index in [2.05, 4.69) is 10.7 Å². The van der Waals surface area contributed by atoms with Crippen LogP contribution in [0.3, 0.4) is 0 Å². The van der Waals surface area contributed by atoms with Crippen molar-refractivity contribution in [3.8, 4) is 0 Å². The molecule has 1 aliphatic rings. The van der Waals surface area contributed by atoms with Gasteiger partial charge in [-0.1, -0.05) is 0 Å².